The van der Waals surface area contributed by atoms with Gasteiger partial charge in [-0.3, -0.25) is 4.79 Å². The Bertz CT molecular complexity index is 669. The molecule has 0 aliphatic carbocycles. The molecule has 0 unspecified atom stereocenters. The predicted octanol–water partition coefficient (Wildman–Crippen LogP) is 2.39. The summed E-state index contributed by atoms with van der Waals surface area (Å²) in [6, 6.07) is 9.06. The standard InChI is InChI=1S/C15H14N2O3S/c18-13-7-6-12(15(19)20)17(13)8-11-9-21-14(16-11)10-4-2-1-3-5-10/h1-5,9,12H,6-8H2,(H,19,20)/t12-/m0/s1. The maximum absolute atomic E-state index is 11.8. The summed E-state index contributed by atoms with van der Waals surface area (Å²) in [6.45, 7) is 0.263. The van der Waals surface area contributed by atoms with E-state index < -0.39 is 12.0 Å². The predicted molar refractivity (Wildman–Crippen MR) is 78.8 cm³/mol. The fraction of sp³-hybridized carbons (Fsp3) is 0.267. The molecule has 1 amide bonds. The van der Waals surface area contributed by atoms with Crippen molar-refractivity contribution in [2.24, 2.45) is 0 Å². The highest BCUT2D eigenvalue weighted by atomic mass is 32.1. The van der Waals surface area contributed by atoms with Gasteiger partial charge in [0.2, 0.25) is 5.91 Å². The van der Waals surface area contributed by atoms with Crippen LogP contribution in [-0.2, 0) is 16.1 Å². The average Bonchev–Trinajstić information content (AvgIpc) is 3.08. The van der Waals surface area contributed by atoms with Crippen molar-refractivity contribution in [2.45, 2.75) is 25.4 Å². The van der Waals surface area contributed by atoms with Crippen LogP contribution in [0.1, 0.15) is 18.5 Å². The van der Waals surface area contributed by atoms with Gasteiger partial charge in [0, 0.05) is 17.4 Å². The molecule has 1 atom stereocenters. The molecule has 1 aliphatic heterocycles. The van der Waals surface area contributed by atoms with Crippen molar-refractivity contribution in [3.8, 4) is 10.6 Å². The summed E-state index contributed by atoms with van der Waals surface area (Å²) in [5.74, 6) is -1.06. The molecule has 21 heavy (non-hydrogen) atoms. The molecular formula is C15H14N2O3S. The van der Waals surface area contributed by atoms with E-state index in [0.717, 1.165) is 16.3 Å². The zero-order chi connectivity index (χ0) is 14.8. The molecule has 1 aliphatic rings. The van der Waals surface area contributed by atoms with Crippen molar-refractivity contribution in [3.63, 3.8) is 0 Å². The first-order valence-corrected chi connectivity index (χ1v) is 7.55. The third-order valence-electron chi connectivity index (χ3n) is 3.52. The lowest BCUT2D eigenvalue weighted by atomic mass is 10.2. The topological polar surface area (TPSA) is 70.5 Å². The first-order valence-electron chi connectivity index (χ1n) is 6.67. The normalized spacial score (nSPS) is 18.2. The minimum absolute atomic E-state index is 0.114. The number of nitrogens with zero attached hydrogens (tertiary/aromatic N) is 2. The van der Waals surface area contributed by atoms with Gasteiger partial charge < -0.3 is 10.0 Å². The third-order valence-corrected chi connectivity index (χ3v) is 4.46. The van der Waals surface area contributed by atoms with Gasteiger partial charge in [-0.05, 0) is 6.42 Å². The number of amides is 1. The SMILES string of the molecule is O=C(O)[C@@H]1CCC(=O)N1Cc1csc(-c2ccccc2)n1. The van der Waals surface area contributed by atoms with Crippen molar-refractivity contribution < 1.29 is 14.7 Å². The number of aliphatic carboxylic acids is 1. The highest BCUT2D eigenvalue weighted by Crippen LogP contribution is 2.26. The van der Waals surface area contributed by atoms with Gasteiger partial charge in [-0.15, -0.1) is 11.3 Å². The molecule has 0 radical (unpaired) electrons. The number of benzene rings is 1. The molecule has 2 aromatic rings. The molecule has 1 aromatic carbocycles. The number of rotatable bonds is 4. The van der Waals surface area contributed by atoms with Gasteiger partial charge in [0.15, 0.2) is 0 Å². The van der Waals surface area contributed by atoms with Gasteiger partial charge in [-0.25, -0.2) is 9.78 Å². The molecule has 6 heteroatoms. The minimum Gasteiger partial charge on any atom is -0.480 e. The third kappa shape index (κ3) is 2.80. The summed E-state index contributed by atoms with van der Waals surface area (Å²) in [6.07, 6.45) is 0.677. The number of aromatic nitrogens is 1. The van der Waals surface area contributed by atoms with Crippen LogP contribution in [-0.4, -0.2) is 32.9 Å². The largest absolute Gasteiger partial charge is 0.480 e. The van der Waals surface area contributed by atoms with Crippen LogP contribution in [0.2, 0.25) is 0 Å². The first kappa shape index (κ1) is 13.8. The van der Waals surface area contributed by atoms with Gasteiger partial charge in [-0.2, -0.15) is 0 Å². The Balaban J connectivity index is 1.78. The Hall–Kier alpha value is -2.21. The monoisotopic (exact) mass is 302 g/mol. The lowest BCUT2D eigenvalue weighted by Gasteiger charge is -2.20. The number of carboxylic acids is 1. The Morgan fingerprint density at radius 1 is 1.38 bits per heavy atom. The summed E-state index contributed by atoms with van der Waals surface area (Å²) in [5, 5.41) is 11.9. The summed E-state index contributed by atoms with van der Waals surface area (Å²) >= 11 is 1.50. The fourth-order valence-electron chi connectivity index (χ4n) is 2.46. The first-order chi connectivity index (χ1) is 10.1. The van der Waals surface area contributed by atoms with Gasteiger partial charge >= 0.3 is 5.97 Å². The van der Waals surface area contributed by atoms with E-state index in [2.05, 4.69) is 4.98 Å². The second kappa shape index (κ2) is 5.65. The molecular weight excluding hydrogens is 288 g/mol. The number of hydrogen-bond acceptors (Lipinski definition) is 4. The number of likely N-dealkylation sites (tertiary alicyclic amines) is 1. The van der Waals surface area contributed by atoms with Gasteiger partial charge in [0.05, 0.1) is 12.2 Å². The number of carbonyl (C=O) groups is 2. The highest BCUT2D eigenvalue weighted by molar-refractivity contribution is 7.13. The molecule has 1 aromatic heterocycles. The van der Waals surface area contributed by atoms with E-state index in [1.807, 2.05) is 35.7 Å². The molecule has 0 spiro atoms. The van der Waals surface area contributed by atoms with Crippen LogP contribution >= 0.6 is 11.3 Å². The van der Waals surface area contributed by atoms with Crippen molar-refractivity contribution >= 4 is 23.2 Å². The average molecular weight is 302 g/mol. The zero-order valence-corrected chi connectivity index (χ0v) is 12.0. The molecule has 0 saturated carbocycles. The summed E-state index contributed by atoms with van der Waals surface area (Å²) in [4.78, 5) is 28.9. The zero-order valence-electron chi connectivity index (χ0n) is 11.2. The molecule has 0 bridgehead atoms. The van der Waals surface area contributed by atoms with E-state index in [-0.39, 0.29) is 12.5 Å². The van der Waals surface area contributed by atoms with E-state index in [1.165, 1.54) is 16.2 Å². The van der Waals surface area contributed by atoms with E-state index in [0.29, 0.717) is 12.8 Å². The molecule has 1 N–H and O–H groups in total. The summed E-state index contributed by atoms with van der Waals surface area (Å²) in [5.41, 5.74) is 1.76. The molecule has 3 rings (SSSR count). The number of carboxylic acid groups (broad SMARTS) is 1. The maximum Gasteiger partial charge on any atom is 0.326 e. The van der Waals surface area contributed by atoms with Crippen LogP contribution in [0.25, 0.3) is 10.6 Å². The van der Waals surface area contributed by atoms with Crippen LogP contribution in [0, 0.1) is 0 Å². The molecule has 2 heterocycles. The van der Waals surface area contributed by atoms with Crippen LogP contribution in [0.15, 0.2) is 35.7 Å². The summed E-state index contributed by atoms with van der Waals surface area (Å²) in [7, 11) is 0. The number of hydrogen-bond donors (Lipinski definition) is 1. The van der Waals surface area contributed by atoms with Crippen LogP contribution in [0.5, 0.6) is 0 Å². The number of thiazole rings is 1. The van der Waals surface area contributed by atoms with Gasteiger partial charge in [0.25, 0.3) is 0 Å². The van der Waals surface area contributed by atoms with E-state index >= 15 is 0 Å². The Labute approximate surface area is 125 Å². The molecule has 1 fully saturated rings. The second-order valence-corrected chi connectivity index (χ2v) is 5.78. The van der Waals surface area contributed by atoms with Crippen LogP contribution in [0.4, 0.5) is 0 Å². The highest BCUT2D eigenvalue weighted by Gasteiger charge is 2.36. The number of carbonyl (C=O) groups excluding carboxylic acids is 1. The molecule has 5 nitrogen and oxygen atoms in total. The van der Waals surface area contributed by atoms with Crippen LogP contribution in [0.3, 0.4) is 0 Å². The smallest absolute Gasteiger partial charge is 0.326 e. The minimum atomic E-state index is -0.945. The fourth-order valence-corrected chi connectivity index (χ4v) is 3.27. The van der Waals surface area contributed by atoms with Crippen molar-refractivity contribution in [3.05, 3.63) is 41.4 Å². The Morgan fingerprint density at radius 3 is 2.86 bits per heavy atom. The van der Waals surface area contributed by atoms with E-state index in [4.69, 9.17) is 5.11 Å². The van der Waals surface area contributed by atoms with Gasteiger partial charge in [-0.1, -0.05) is 30.3 Å². The molecule has 108 valence electrons. The Morgan fingerprint density at radius 2 is 2.14 bits per heavy atom. The van der Waals surface area contributed by atoms with Crippen molar-refractivity contribution in [2.75, 3.05) is 0 Å². The van der Waals surface area contributed by atoms with E-state index in [1.54, 1.807) is 0 Å². The quantitative estimate of drug-likeness (QED) is 0.941. The Kier molecular flexibility index (Phi) is 3.70. The maximum atomic E-state index is 11.8. The van der Waals surface area contributed by atoms with Crippen molar-refractivity contribution in [1.82, 2.24) is 9.88 Å². The summed E-state index contributed by atoms with van der Waals surface area (Å²) < 4.78 is 0. The lowest BCUT2D eigenvalue weighted by Crippen LogP contribution is -2.37. The van der Waals surface area contributed by atoms with Crippen molar-refractivity contribution in [1.29, 1.82) is 0 Å². The van der Waals surface area contributed by atoms with Gasteiger partial charge in [0.1, 0.15) is 11.0 Å². The van der Waals surface area contributed by atoms with E-state index in [9.17, 15) is 9.59 Å². The second-order valence-electron chi connectivity index (χ2n) is 4.92. The lowest BCUT2D eigenvalue weighted by molar-refractivity contribution is -0.146. The molecule has 1 saturated heterocycles. The van der Waals surface area contributed by atoms with Crippen LogP contribution < -0.4 is 0 Å².